The summed E-state index contributed by atoms with van der Waals surface area (Å²) in [5, 5.41) is 9.02. The molecule has 0 aliphatic carbocycles. The van der Waals surface area contributed by atoms with Gasteiger partial charge >= 0.3 is 5.97 Å². The van der Waals surface area contributed by atoms with Crippen LogP contribution in [0, 0.1) is 6.92 Å². The third-order valence-corrected chi connectivity index (χ3v) is 2.93. The third-order valence-electron chi connectivity index (χ3n) is 2.93. The van der Waals surface area contributed by atoms with Crippen molar-refractivity contribution in [1.82, 2.24) is 0 Å². The van der Waals surface area contributed by atoms with Crippen LogP contribution in [0.1, 0.15) is 21.7 Å². The molecule has 2 aromatic rings. The molecule has 1 aromatic heterocycles. The number of rotatable bonds is 6. The zero-order valence-electron chi connectivity index (χ0n) is 12.0. The second kappa shape index (κ2) is 6.21. The monoisotopic (exact) mass is 292 g/mol. The minimum atomic E-state index is -1.06. The van der Waals surface area contributed by atoms with Gasteiger partial charge in [-0.05, 0) is 30.7 Å². The lowest BCUT2D eigenvalue weighted by molar-refractivity contribution is 0.0691. The van der Waals surface area contributed by atoms with Crippen LogP contribution < -0.4 is 14.2 Å². The summed E-state index contributed by atoms with van der Waals surface area (Å²) in [5.74, 6) is 0.585. The first kappa shape index (κ1) is 14.8. The molecule has 1 heterocycles. The molecule has 0 atom stereocenters. The molecular weight excluding hydrogens is 276 g/mol. The quantitative estimate of drug-likeness (QED) is 0.882. The number of aromatic carboxylic acids is 1. The summed E-state index contributed by atoms with van der Waals surface area (Å²) in [6.07, 6.45) is 1.31. The van der Waals surface area contributed by atoms with Crippen LogP contribution in [0.15, 0.2) is 28.9 Å². The van der Waals surface area contributed by atoms with Gasteiger partial charge in [-0.25, -0.2) is 4.79 Å². The van der Waals surface area contributed by atoms with E-state index in [1.54, 1.807) is 12.1 Å². The average molecular weight is 292 g/mol. The zero-order chi connectivity index (χ0) is 15.4. The lowest BCUT2D eigenvalue weighted by atomic mass is 10.2. The van der Waals surface area contributed by atoms with E-state index in [1.807, 2.05) is 6.92 Å². The number of benzene rings is 1. The zero-order valence-corrected chi connectivity index (χ0v) is 12.0. The largest absolute Gasteiger partial charge is 0.493 e. The van der Waals surface area contributed by atoms with Crippen molar-refractivity contribution in [3.05, 3.63) is 41.3 Å². The van der Waals surface area contributed by atoms with Gasteiger partial charge in [0.15, 0.2) is 17.3 Å². The van der Waals surface area contributed by atoms with Crippen molar-refractivity contribution in [3.8, 4) is 17.2 Å². The van der Waals surface area contributed by atoms with Crippen molar-refractivity contribution in [3.63, 3.8) is 0 Å². The maximum Gasteiger partial charge on any atom is 0.339 e. The Morgan fingerprint density at radius 1 is 1.24 bits per heavy atom. The molecule has 6 nitrogen and oxygen atoms in total. The second-order valence-corrected chi connectivity index (χ2v) is 4.35. The molecule has 0 bridgehead atoms. The maximum atomic E-state index is 11.0. The first-order valence-electron chi connectivity index (χ1n) is 6.22. The van der Waals surface area contributed by atoms with Crippen molar-refractivity contribution in [2.24, 2.45) is 0 Å². The highest BCUT2D eigenvalue weighted by atomic mass is 16.5. The van der Waals surface area contributed by atoms with Crippen molar-refractivity contribution in [1.29, 1.82) is 0 Å². The van der Waals surface area contributed by atoms with E-state index in [0.29, 0.717) is 17.2 Å². The van der Waals surface area contributed by atoms with Gasteiger partial charge in [0.2, 0.25) is 5.75 Å². The molecule has 2 rings (SSSR count). The van der Waals surface area contributed by atoms with Gasteiger partial charge in [-0.15, -0.1) is 0 Å². The van der Waals surface area contributed by atoms with Gasteiger partial charge in [0, 0.05) is 0 Å². The summed E-state index contributed by atoms with van der Waals surface area (Å²) in [4.78, 5) is 11.0. The first-order valence-corrected chi connectivity index (χ1v) is 6.22. The Kier molecular flexibility index (Phi) is 4.37. The number of carboxylic acids is 1. The molecule has 0 radical (unpaired) electrons. The Hall–Kier alpha value is -2.63. The van der Waals surface area contributed by atoms with Crippen LogP contribution in [-0.4, -0.2) is 25.3 Å². The van der Waals surface area contributed by atoms with Gasteiger partial charge in [0.1, 0.15) is 12.2 Å². The molecule has 0 amide bonds. The lowest BCUT2D eigenvalue weighted by Gasteiger charge is -2.14. The number of methoxy groups -OCH3 is 2. The summed E-state index contributed by atoms with van der Waals surface area (Å²) in [7, 11) is 3.05. The number of ether oxygens (including phenoxy) is 3. The van der Waals surface area contributed by atoms with Crippen LogP contribution in [0.5, 0.6) is 17.2 Å². The van der Waals surface area contributed by atoms with E-state index in [0.717, 1.165) is 5.56 Å². The predicted octanol–water partition coefficient (Wildman–Crippen LogP) is 2.88. The minimum absolute atomic E-state index is 0.0373. The molecule has 6 heteroatoms. The van der Waals surface area contributed by atoms with Gasteiger partial charge < -0.3 is 23.7 Å². The molecule has 0 saturated carbocycles. The molecule has 1 aromatic carbocycles. The van der Waals surface area contributed by atoms with E-state index in [-0.39, 0.29) is 17.9 Å². The Balaban J connectivity index is 2.27. The van der Waals surface area contributed by atoms with E-state index in [4.69, 9.17) is 23.7 Å². The summed E-state index contributed by atoms with van der Waals surface area (Å²) in [5.41, 5.74) is 1.03. The number of carboxylic acid groups (broad SMARTS) is 1. The first-order chi connectivity index (χ1) is 10.1. The smallest absolute Gasteiger partial charge is 0.339 e. The minimum Gasteiger partial charge on any atom is -0.493 e. The van der Waals surface area contributed by atoms with E-state index in [1.165, 1.54) is 26.5 Å². The summed E-state index contributed by atoms with van der Waals surface area (Å²) < 4.78 is 21.3. The number of aryl methyl sites for hydroxylation is 1. The molecule has 1 N–H and O–H groups in total. The van der Waals surface area contributed by atoms with Crippen molar-refractivity contribution < 1.29 is 28.5 Å². The van der Waals surface area contributed by atoms with E-state index >= 15 is 0 Å². The molecule has 0 unspecified atom stereocenters. The average Bonchev–Trinajstić information content (AvgIpc) is 2.93. The Morgan fingerprint density at radius 3 is 2.38 bits per heavy atom. The Labute approximate surface area is 121 Å². The van der Waals surface area contributed by atoms with E-state index < -0.39 is 5.97 Å². The summed E-state index contributed by atoms with van der Waals surface area (Å²) >= 11 is 0. The van der Waals surface area contributed by atoms with Crippen molar-refractivity contribution in [2.75, 3.05) is 14.2 Å². The standard InChI is InChI=1S/C15H16O6/c1-9-6-11(18-2)14(12(7-9)19-3)21-8-13-10(15(16)17)4-5-20-13/h4-7H,8H2,1-3H3,(H,16,17). The molecule has 21 heavy (non-hydrogen) atoms. The molecule has 0 aliphatic rings. The van der Waals surface area contributed by atoms with Gasteiger partial charge in [-0.1, -0.05) is 0 Å². The summed E-state index contributed by atoms with van der Waals surface area (Å²) in [6, 6.07) is 4.99. The van der Waals surface area contributed by atoms with Crippen LogP contribution in [0.3, 0.4) is 0 Å². The highest BCUT2D eigenvalue weighted by molar-refractivity contribution is 5.88. The SMILES string of the molecule is COc1cc(C)cc(OC)c1OCc1occc1C(=O)O. The molecule has 0 aliphatic heterocycles. The third kappa shape index (κ3) is 3.10. The number of furan rings is 1. The van der Waals surface area contributed by atoms with Gasteiger partial charge in [0.05, 0.1) is 20.5 Å². The second-order valence-electron chi connectivity index (χ2n) is 4.35. The maximum absolute atomic E-state index is 11.0. The number of hydrogen-bond acceptors (Lipinski definition) is 5. The Bertz CT molecular complexity index is 618. The molecule has 0 saturated heterocycles. The highest BCUT2D eigenvalue weighted by Crippen LogP contribution is 2.39. The predicted molar refractivity (Wildman–Crippen MR) is 74.3 cm³/mol. The number of carbonyl (C=O) groups is 1. The Morgan fingerprint density at radius 2 is 1.86 bits per heavy atom. The molecule has 0 spiro atoms. The highest BCUT2D eigenvalue weighted by Gasteiger charge is 2.17. The molecule has 112 valence electrons. The van der Waals surface area contributed by atoms with Crippen LogP contribution in [0.4, 0.5) is 0 Å². The fourth-order valence-corrected chi connectivity index (χ4v) is 1.93. The lowest BCUT2D eigenvalue weighted by Crippen LogP contribution is -2.04. The van der Waals surface area contributed by atoms with Crippen molar-refractivity contribution >= 4 is 5.97 Å². The van der Waals surface area contributed by atoms with E-state index in [9.17, 15) is 4.79 Å². The van der Waals surface area contributed by atoms with E-state index in [2.05, 4.69) is 0 Å². The number of hydrogen-bond donors (Lipinski definition) is 1. The van der Waals surface area contributed by atoms with Crippen LogP contribution in [0.2, 0.25) is 0 Å². The van der Waals surface area contributed by atoms with Crippen LogP contribution in [-0.2, 0) is 6.61 Å². The van der Waals surface area contributed by atoms with Crippen LogP contribution in [0.25, 0.3) is 0 Å². The van der Waals surface area contributed by atoms with Gasteiger partial charge in [0.25, 0.3) is 0 Å². The topological polar surface area (TPSA) is 78.1 Å². The molecule has 0 fully saturated rings. The van der Waals surface area contributed by atoms with Crippen LogP contribution >= 0.6 is 0 Å². The summed E-state index contributed by atoms with van der Waals surface area (Å²) in [6.45, 7) is 1.87. The van der Waals surface area contributed by atoms with Gasteiger partial charge in [-0.2, -0.15) is 0 Å². The molecular formula is C15H16O6. The fourth-order valence-electron chi connectivity index (χ4n) is 1.93. The normalized spacial score (nSPS) is 10.2. The van der Waals surface area contributed by atoms with Crippen molar-refractivity contribution in [2.45, 2.75) is 13.5 Å². The van der Waals surface area contributed by atoms with Gasteiger partial charge in [-0.3, -0.25) is 0 Å². The fraction of sp³-hybridized carbons (Fsp3) is 0.267.